The van der Waals surface area contributed by atoms with Crippen LogP contribution in [0.3, 0.4) is 0 Å². The Morgan fingerprint density at radius 1 is 0.806 bits per heavy atom. The van der Waals surface area contributed by atoms with Gasteiger partial charge in [-0.05, 0) is 54.4 Å². The van der Waals surface area contributed by atoms with Crippen LogP contribution in [-0.2, 0) is 0 Å². The van der Waals surface area contributed by atoms with E-state index in [1.54, 1.807) is 46.2 Å². The van der Waals surface area contributed by atoms with Crippen LogP contribution in [0.5, 0.6) is 0 Å². The van der Waals surface area contributed by atoms with E-state index in [2.05, 4.69) is 0 Å². The smallest absolute Gasteiger partial charge is 0.258 e. The quantitative estimate of drug-likeness (QED) is 0.577. The normalized spacial score (nSPS) is 15.7. The summed E-state index contributed by atoms with van der Waals surface area (Å²) >= 11 is 0. The van der Waals surface area contributed by atoms with E-state index in [-0.39, 0.29) is 41.4 Å². The Bertz CT molecular complexity index is 1150. The van der Waals surface area contributed by atoms with Gasteiger partial charge in [0.05, 0.1) is 17.4 Å². The molecule has 0 radical (unpaired) electrons. The van der Waals surface area contributed by atoms with Crippen molar-refractivity contribution in [1.29, 1.82) is 0 Å². The van der Waals surface area contributed by atoms with Crippen molar-refractivity contribution in [2.75, 3.05) is 16.3 Å². The largest absolute Gasteiger partial charge is 0.304 e. The average molecular weight is 420 g/mol. The number of nitrogens with zero attached hydrogens (tertiary/aromatic N) is 2. The van der Waals surface area contributed by atoms with Crippen LogP contribution in [0.2, 0.25) is 0 Å². The molecule has 1 atom stereocenters. The third-order valence-electron chi connectivity index (χ3n) is 5.51. The fourth-order valence-corrected chi connectivity index (χ4v) is 3.94. The Kier molecular flexibility index (Phi) is 5.55. The van der Waals surface area contributed by atoms with Crippen LogP contribution in [0.1, 0.15) is 34.6 Å². The Morgan fingerprint density at radius 3 is 1.90 bits per heavy atom. The van der Waals surface area contributed by atoms with Gasteiger partial charge in [-0.1, -0.05) is 38.1 Å². The number of carbonyl (C=O) groups is 2. The van der Waals surface area contributed by atoms with E-state index >= 15 is 0 Å². The van der Waals surface area contributed by atoms with Gasteiger partial charge in [0.2, 0.25) is 0 Å². The third kappa shape index (κ3) is 3.93. The molecule has 0 aliphatic carbocycles. The maximum absolute atomic E-state index is 13.8. The predicted octanol–water partition coefficient (Wildman–Crippen LogP) is 5.30. The molecule has 0 N–H and O–H groups in total. The summed E-state index contributed by atoms with van der Waals surface area (Å²) < 4.78 is 27.5. The highest BCUT2D eigenvalue weighted by Crippen LogP contribution is 2.39. The molecule has 4 rings (SSSR count). The Labute approximate surface area is 179 Å². The zero-order valence-electron chi connectivity index (χ0n) is 17.3. The second kappa shape index (κ2) is 8.30. The van der Waals surface area contributed by atoms with Gasteiger partial charge in [-0.2, -0.15) is 0 Å². The van der Waals surface area contributed by atoms with Crippen LogP contribution in [-0.4, -0.2) is 24.4 Å². The van der Waals surface area contributed by atoms with Crippen molar-refractivity contribution in [3.8, 4) is 0 Å². The number of hydrogen-bond acceptors (Lipinski definition) is 2. The summed E-state index contributed by atoms with van der Waals surface area (Å²) in [5.41, 5.74) is 1.59. The van der Waals surface area contributed by atoms with E-state index in [0.29, 0.717) is 11.4 Å². The number of anilines is 2. The van der Waals surface area contributed by atoms with Gasteiger partial charge in [-0.3, -0.25) is 9.59 Å². The van der Waals surface area contributed by atoms with Gasteiger partial charge in [0, 0.05) is 17.7 Å². The molecule has 158 valence electrons. The Morgan fingerprint density at radius 2 is 1.35 bits per heavy atom. The van der Waals surface area contributed by atoms with Gasteiger partial charge in [0.15, 0.2) is 0 Å². The number of para-hydroxylation sites is 2. The lowest BCUT2D eigenvalue weighted by atomic mass is 9.95. The van der Waals surface area contributed by atoms with Crippen LogP contribution in [0, 0.1) is 17.6 Å². The molecule has 0 spiro atoms. The molecule has 0 saturated carbocycles. The van der Waals surface area contributed by atoms with E-state index in [0.717, 1.165) is 0 Å². The molecule has 0 fully saturated rings. The minimum Gasteiger partial charge on any atom is -0.304 e. The molecule has 0 saturated heterocycles. The summed E-state index contributed by atoms with van der Waals surface area (Å²) in [6, 6.07) is 17.9. The maximum Gasteiger partial charge on any atom is 0.258 e. The number of amides is 2. The summed E-state index contributed by atoms with van der Waals surface area (Å²) in [6.07, 6.45) is 0. The number of rotatable bonds is 3. The lowest BCUT2D eigenvalue weighted by Gasteiger charge is -2.44. The van der Waals surface area contributed by atoms with Gasteiger partial charge in [-0.25, -0.2) is 8.78 Å². The zero-order valence-corrected chi connectivity index (χ0v) is 17.3. The number of fused-ring (bicyclic) bond motifs is 1. The molecule has 1 aliphatic heterocycles. The molecule has 4 nitrogen and oxygen atoms in total. The van der Waals surface area contributed by atoms with Crippen molar-refractivity contribution in [1.82, 2.24) is 0 Å². The molecule has 6 heteroatoms. The summed E-state index contributed by atoms with van der Waals surface area (Å²) in [5.74, 6) is -1.63. The monoisotopic (exact) mass is 420 g/mol. The SMILES string of the molecule is CC(C)C1CN(C(=O)c2cccc(F)c2)c2ccccc2N1C(=O)c1cccc(F)c1. The van der Waals surface area contributed by atoms with E-state index in [4.69, 9.17) is 0 Å². The van der Waals surface area contributed by atoms with E-state index < -0.39 is 11.6 Å². The van der Waals surface area contributed by atoms with Crippen molar-refractivity contribution in [2.45, 2.75) is 19.9 Å². The molecule has 3 aromatic rings. The molecular weight excluding hydrogens is 398 g/mol. The van der Waals surface area contributed by atoms with E-state index in [1.807, 2.05) is 13.8 Å². The van der Waals surface area contributed by atoms with E-state index in [1.165, 1.54) is 36.4 Å². The number of carbonyl (C=O) groups excluding carboxylic acids is 2. The molecule has 1 heterocycles. The molecule has 3 aromatic carbocycles. The van der Waals surface area contributed by atoms with Crippen molar-refractivity contribution in [2.24, 2.45) is 5.92 Å². The number of halogens is 2. The van der Waals surface area contributed by atoms with Crippen LogP contribution in [0.15, 0.2) is 72.8 Å². The van der Waals surface area contributed by atoms with Crippen molar-refractivity contribution < 1.29 is 18.4 Å². The molecule has 31 heavy (non-hydrogen) atoms. The first-order valence-electron chi connectivity index (χ1n) is 10.1. The first-order chi connectivity index (χ1) is 14.9. The fraction of sp³-hybridized carbons (Fsp3) is 0.200. The second-order valence-corrected chi connectivity index (χ2v) is 7.91. The highest BCUT2D eigenvalue weighted by atomic mass is 19.1. The predicted molar refractivity (Wildman–Crippen MR) is 116 cm³/mol. The molecule has 1 aliphatic rings. The minimum absolute atomic E-state index is 0.00803. The second-order valence-electron chi connectivity index (χ2n) is 7.91. The third-order valence-corrected chi connectivity index (χ3v) is 5.51. The van der Waals surface area contributed by atoms with E-state index in [9.17, 15) is 18.4 Å². The van der Waals surface area contributed by atoms with Crippen LogP contribution < -0.4 is 9.80 Å². The van der Waals surface area contributed by atoms with Crippen LogP contribution in [0.4, 0.5) is 20.2 Å². The summed E-state index contributed by atoms with van der Waals surface area (Å²) in [6.45, 7) is 4.18. The standard InChI is InChI=1S/C25H22F2N2O2/c1-16(2)23-15-28(24(30)17-7-5-9-19(26)13-17)21-11-3-4-12-22(21)29(23)25(31)18-8-6-10-20(27)14-18/h3-14,16,23H,15H2,1-2H3. The van der Waals surface area contributed by atoms with Gasteiger partial charge >= 0.3 is 0 Å². The van der Waals surface area contributed by atoms with Crippen LogP contribution >= 0.6 is 0 Å². The van der Waals surface area contributed by atoms with Gasteiger partial charge in [0.1, 0.15) is 11.6 Å². The highest BCUT2D eigenvalue weighted by Gasteiger charge is 2.39. The lowest BCUT2D eigenvalue weighted by molar-refractivity contribution is 0.0943. The Hall–Kier alpha value is -3.54. The highest BCUT2D eigenvalue weighted by molar-refractivity contribution is 6.13. The molecular formula is C25H22F2N2O2. The first-order valence-corrected chi connectivity index (χ1v) is 10.1. The minimum atomic E-state index is -0.487. The molecule has 0 bridgehead atoms. The lowest BCUT2D eigenvalue weighted by Crippen LogP contribution is -2.55. The van der Waals surface area contributed by atoms with Gasteiger partial charge in [0.25, 0.3) is 11.8 Å². The number of benzene rings is 3. The van der Waals surface area contributed by atoms with Crippen molar-refractivity contribution >= 4 is 23.2 Å². The summed E-state index contributed by atoms with van der Waals surface area (Å²) in [4.78, 5) is 29.9. The van der Waals surface area contributed by atoms with Gasteiger partial charge in [-0.15, -0.1) is 0 Å². The van der Waals surface area contributed by atoms with Crippen molar-refractivity contribution in [3.63, 3.8) is 0 Å². The topological polar surface area (TPSA) is 40.6 Å². The molecule has 2 amide bonds. The summed E-state index contributed by atoms with van der Waals surface area (Å²) in [5, 5.41) is 0. The molecule has 0 aromatic heterocycles. The maximum atomic E-state index is 13.8. The van der Waals surface area contributed by atoms with Gasteiger partial charge < -0.3 is 9.80 Å². The van der Waals surface area contributed by atoms with Crippen LogP contribution in [0.25, 0.3) is 0 Å². The van der Waals surface area contributed by atoms with Crippen molar-refractivity contribution in [3.05, 3.63) is 95.6 Å². The molecule has 1 unspecified atom stereocenters. The zero-order chi connectivity index (χ0) is 22.1. The summed E-state index contributed by atoms with van der Waals surface area (Å²) in [7, 11) is 0. The fourth-order valence-electron chi connectivity index (χ4n) is 3.94. The average Bonchev–Trinajstić information content (AvgIpc) is 2.77. The first kappa shape index (κ1) is 20.7. The number of hydrogen-bond donors (Lipinski definition) is 0. The Balaban J connectivity index is 1.81.